The van der Waals surface area contributed by atoms with Crippen LogP contribution in [0.3, 0.4) is 0 Å². The second kappa shape index (κ2) is 6.89. The van der Waals surface area contributed by atoms with Crippen LogP contribution in [0.1, 0.15) is 32.1 Å². The van der Waals surface area contributed by atoms with Crippen LogP contribution in [0.5, 0.6) is 0 Å². The molecule has 0 spiro atoms. The highest BCUT2D eigenvalue weighted by Gasteiger charge is 2.41. The van der Waals surface area contributed by atoms with Crippen LogP contribution in [-0.4, -0.2) is 21.7 Å². The van der Waals surface area contributed by atoms with Crippen LogP contribution < -0.4 is 5.32 Å². The van der Waals surface area contributed by atoms with Crippen LogP contribution in [0.4, 0.5) is 5.69 Å². The molecule has 5 rings (SSSR count). The predicted molar refractivity (Wildman–Crippen MR) is 109 cm³/mol. The van der Waals surface area contributed by atoms with E-state index in [1.807, 2.05) is 48.5 Å². The SMILES string of the molecule is O=C(Nc1ccc(-c2nc3ccccc3[nH]2)cc1)C1C[C@H]2CCC[C@@H](C1)C2=O. The Labute approximate surface area is 163 Å². The summed E-state index contributed by atoms with van der Waals surface area (Å²) in [6, 6.07) is 15.7. The molecule has 2 aromatic carbocycles. The zero-order valence-electron chi connectivity index (χ0n) is 15.7. The van der Waals surface area contributed by atoms with Crippen LogP contribution in [-0.2, 0) is 9.59 Å². The number of nitrogens with zero attached hydrogens (tertiary/aromatic N) is 1. The van der Waals surface area contributed by atoms with Gasteiger partial charge in [-0.05, 0) is 62.1 Å². The first-order valence-corrected chi connectivity index (χ1v) is 10.1. The smallest absolute Gasteiger partial charge is 0.227 e. The number of carbonyl (C=O) groups is 2. The summed E-state index contributed by atoms with van der Waals surface area (Å²) in [4.78, 5) is 32.9. The van der Waals surface area contributed by atoms with Crippen molar-refractivity contribution in [3.63, 3.8) is 0 Å². The lowest BCUT2D eigenvalue weighted by Crippen LogP contribution is -2.40. The number of amides is 1. The van der Waals surface area contributed by atoms with Crippen LogP contribution in [0, 0.1) is 17.8 Å². The molecule has 2 saturated carbocycles. The molecule has 2 N–H and O–H groups in total. The highest BCUT2D eigenvalue weighted by Crippen LogP contribution is 2.40. The number of Topliss-reactive ketones (excluding diaryl/α,β-unsaturated/α-hetero) is 1. The van der Waals surface area contributed by atoms with Gasteiger partial charge < -0.3 is 10.3 Å². The third kappa shape index (κ3) is 3.11. The van der Waals surface area contributed by atoms with Crippen molar-refractivity contribution in [2.24, 2.45) is 17.8 Å². The maximum atomic E-state index is 12.7. The number of fused-ring (bicyclic) bond motifs is 3. The van der Waals surface area contributed by atoms with Crippen molar-refractivity contribution in [1.82, 2.24) is 9.97 Å². The number of nitrogens with one attached hydrogen (secondary N) is 2. The van der Waals surface area contributed by atoms with Gasteiger partial charge in [-0.15, -0.1) is 0 Å². The number of imidazole rings is 1. The minimum atomic E-state index is -0.0527. The molecule has 1 unspecified atom stereocenters. The average Bonchev–Trinajstić information content (AvgIpc) is 3.12. The number of carbonyl (C=O) groups excluding carboxylic acids is 2. The van der Waals surface area contributed by atoms with Gasteiger partial charge in [0.2, 0.25) is 5.91 Å². The first-order valence-electron chi connectivity index (χ1n) is 10.1. The number of ketones is 1. The van der Waals surface area contributed by atoms with Gasteiger partial charge in [-0.2, -0.15) is 0 Å². The fraction of sp³-hybridized carbons (Fsp3) is 0.348. The lowest BCUT2D eigenvalue weighted by molar-refractivity contribution is -0.136. The summed E-state index contributed by atoms with van der Waals surface area (Å²) in [6.07, 6.45) is 4.44. The number of para-hydroxylation sites is 2. The highest BCUT2D eigenvalue weighted by molar-refractivity contribution is 5.95. The molecule has 0 saturated heterocycles. The number of anilines is 1. The molecular weight excluding hydrogens is 350 g/mol. The first kappa shape index (κ1) is 17.2. The Morgan fingerprint density at radius 3 is 2.43 bits per heavy atom. The molecule has 1 amide bonds. The molecule has 1 aromatic heterocycles. The molecule has 142 valence electrons. The molecule has 2 bridgehead atoms. The molecule has 3 aromatic rings. The van der Waals surface area contributed by atoms with Gasteiger partial charge in [-0.3, -0.25) is 9.59 Å². The molecule has 2 aliphatic carbocycles. The van der Waals surface area contributed by atoms with Crippen molar-refractivity contribution in [3.8, 4) is 11.4 Å². The second-order valence-electron chi connectivity index (χ2n) is 8.06. The van der Waals surface area contributed by atoms with E-state index in [0.29, 0.717) is 18.6 Å². The number of rotatable bonds is 3. The van der Waals surface area contributed by atoms with Gasteiger partial charge in [0.25, 0.3) is 0 Å². The zero-order valence-corrected chi connectivity index (χ0v) is 15.7. The quantitative estimate of drug-likeness (QED) is 0.706. The summed E-state index contributed by atoms with van der Waals surface area (Å²) >= 11 is 0. The van der Waals surface area contributed by atoms with Gasteiger partial charge in [-0.1, -0.05) is 18.6 Å². The summed E-state index contributed by atoms with van der Waals surface area (Å²) in [5, 5.41) is 3.04. The maximum Gasteiger partial charge on any atom is 0.227 e. The number of hydrogen-bond donors (Lipinski definition) is 2. The van der Waals surface area contributed by atoms with E-state index in [4.69, 9.17) is 0 Å². The first-order chi connectivity index (χ1) is 13.7. The number of H-pyrrole nitrogens is 1. The number of aromatic nitrogens is 2. The van der Waals surface area contributed by atoms with E-state index in [1.165, 1.54) is 0 Å². The fourth-order valence-corrected chi connectivity index (χ4v) is 4.74. The van der Waals surface area contributed by atoms with Gasteiger partial charge in [0.15, 0.2) is 0 Å². The van der Waals surface area contributed by atoms with Crippen molar-refractivity contribution in [2.45, 2.75) is 32.1 Å². The summed E-state index contributed by atoms with van der Waals surface area (Å²) < 4.78 is 0. The Bertz CT molecular complexity index is 988. The van der Waals surface area contributed by atoms with E-state index in [2.05, 4.69) is 15.3 Å². The monoisotopic (exact) mass is 373 g/mol. The van der Waals surface area contributed by atoms with Crippen LogP contribution in [0.25, 0.3) is 22.4 Å². The molecule has 1 heterocycles. The van der Waals surface area contributed by atoms with E-state index in [0.717, 1.165) is 47.4 Å². The van der Waals surface area contributed by atoms with E-state index in [9.17, 15) is 9.59 Å². The molecule has 5 nitrogen and oxygen atoms in total. The third-order valence-corrected chi connectivity index (χ3v) is 6.23. The average molecular weight is 373 g/mol. The summed E-state index contributed by atoms with van der Waals surface area (Å²) in [5.41, 5.74) is 3.71. The second-order valence-corrected chi connectivity index (χ2v) is 8.06. The van der Waals surface area contributed by atoms with Gasteiger partial charge in [0.1, 0.15) is 11.6 Å². The number of benzene rings is 2. The van der Waals surface area contributed by atoms with E-state index >= 15 is 0 Å². The lowest BCUT2D eigenvalue weighted by Gasteiger charge is -2.36. The number of hydrogen-bond acceptors (Lipinski definition) is 3. The van der Waals surface area contributed by atoms with Crippen LogP contribution >= 0.6 is 0 Å². The van der Waals surface area contributed by atoms with E-state index in [-0.39, 0.29) is 23.7 Å². The highest BCUT2D eigenvalue weighted by atomic mass is 16.2. The standard InChI is InChI=1S/C23H23N3O2/c27-21-15-4-3-5-16(21)13-17(12-15)23(28)24-18-10-8-14(9-11-18)22-25-19-6-1-2-7-20(19)26-22/h1-2,6-11,15-17H,3-5,12-13H2,(H,24,28)(H,25,26)/t15-,16+,17?. The van der Waals surface area contributed by atoms with Crippen LogP contribution in [0.15, 0.2) is 48.5 Å². The fourth-order valence-electron chi connectivity index (χ4n) is 4.74. The zero-order chi connectivity index (χ0) is 19.1. The normalized spacial score (nSPS) is 24.3. The van der Waals surface area contributed by atoms with Crippen molar-refractivity contribution in [2.75, 3.05) is 5.32 Å². The van der Waals surface area contributed by atoms with E-state index < -0.39 is 0 Å². The Morgan fingerprint density at radius 1 is 1.00 bits per heavy atom. The van der Waals surface area contributed by atoms with Crippen molar-refractivity contribution < 1.29 is 9.59 Å². The molecule has 3 atom stereocenters. The number of aromatic amines is 1. The Hall–Kier alpha value is -2.95. The largest absolute Gasteiger partial charge is 0.338 e. The molecular formula is C23H23N3O2. The molecule has 28 heavy (non-hydrogen) atoms. The summed E-state index contributed by atoms with van der Waals surface area (Å²) in [6.45, 7) is 0. The van der Waals surface area contributed by atoms with Gasteiger partial charge >= 0.3 is 0 Å². The lowest BCUT2D eigenvalue weighted by atomic mass is 9.67. The van der Waals surface area contributed by atoms with Gasteiger partial charge in [0.05, 0.1) is 11.0 Å². The van der Waals surface area contributed by atoms with Gasteiger partial charge in [0, 0.05) is 29.0 Å². The topological polar surface area (TPSA) is 74.8 Å². The summed E-state index contributed by atoms with van der Waals surface area (Å²) in [5.74, 6) is 1.39. The maximum absolute atomic E-state index is 12.7. The van der Waals surface area contributed by atoms with E-state index in [1.54, 1.807) is 0 Å². The van der Waals surface area contributed by atoms with Crippen molar-refractivity contribution in [3.05, 3.63) is 48.5 Å². The minimum absolute atomic E-state index is 0.0425. The molecule has 2 aliphatic rings. The van der Waals surface area contributed by atoms with Crippen molar-refractivity contribution >= 4 is 28.4 Å². The minimum Gasteiger partial charge on any atom is -0.338 e. The molecule has 0 aliphatic heterocycles. The van der Waals surface area contributed by atoms with Gasteiger partial charge in [-0.25, -0.2) is 4.98 Å². The molecule has 2 fully saturated rings. The predicted octanol–water partition coefficient (Wildman–Crippen LogP) is 4.56. The Balaban J connectivity index is 1.28. The van der Waals surface area contributed by atoms with Crippen molar-refractivity contribution in [1.29, 1.82) is 0 Å². The third-order valence-electron chi connectivity index (χ3n) is 6.23. The molecule has 0 radical (unpaired) electrons. The van der Waals surface area contributed by atoms with Crippen LogP contribution in [0.2, 0.25) is 0 Å². The molecule has 5 heteroatoms. The Morgan fingerprint density at radius 2 is 1.71 bits per heavy atom. The Kier molecular flexibility index (Phi) is 4.23. The summed E-state index contributed by atoms with van der Waals surface area (Å²) in [7, 11) is 0.